The summed E-state index contributed by atoms with van der Waals surface area (Å²) in [6.45, 7) is 4.22. The molecule has 0 spiro atoms. The molecule has 1 unspecified atom stereocenters. The normalized spacial score (nSPS) is 14.9. The van der Waals surface area contributed by atoms with Gasteiger partial charge >= 0.3 is 0 Å². The van der Waals surface area contributed by atoms with Gasteiger partial charge in [-0.2, -0.15) is 0 Å². The van der Waals surface area contributed by atoms with Gasteiger partial charge in [-0.05, 0) is 43.0 Å². The SMILES string of the molecule is CC(N[C@H](C)c1cccs1)c1ccc(S(C)(=O)=O)cc1. The Balaban J connectivity index is 2.08. The summed E-state index contributed by atoms with van der Waals surface area (Å²) >= 11 is 1.73. The van der Waals surface area contributed by atoms with Gasteiger partial charge in [-0.25, -0.2) is 8.42 Å². The van der Waals surface area contributed by atoms with Crippen molar-refractivity contribution in [2.24, 2.45) is 0 Å². The van der Waals surface area contributed by atoms with Gasteiger partial charge in [0, 0.05) is 23.2 Å². The monoisotopic (exact) mass is 309 g/mol. The fourth-order valence-corrected chi connectivity index (χ4v) is 3.47. The van der Waals surface area contributed by atoms with Crippen molar-refractivity contribution >= 4 is 21.2 Å². The zero-order valence-corrected chi connectivity index (χ0v) is 13.5. The minimum atomic E-state index is -3.12. The van der Waals surface area contributed by atoms with Gasteiger partial charge in [-0.1, -0.05) is 18.2 Å². The largest absolute Gasteiger partial charge is 0.303 e. The molecule has 5 heteroatoms. The second kappa shape index (κ2) is 6.08. The predicted molar refractivity (Wildman–Crippen MR) is 83.8 cm³/mol. The molecule has 2 aromatic rings. The lowest BCUT2D eigenvalue weighted by molar-refractivity contribution is 0.500. The summed E-state index contributed by atoms with van der Waals surface area (Å²) in [5.41, 5.74) is 1.08. The molecule has 2 rings (SSSR count). The van der Waals surface area contributed by atoms with E-state index in [1.165, 1.54) is 11.1 Å². The standard InChI is InChI=1S/C15H19NO2S2/c1-11(16-12(2)15-5-4-10-19-15)13-6-8-14(9-7-13)20(3,17)18/h4-12,16H,1-3H3/t11?,12-/m1/s1. The van der Waals surface area contributed by atoms with Gasteiger partial charge in [0.25, 0.3) is 0 Å². The van der Waals surface area contributed by atoms with Crippen LogP contribution in [0.25, 0.3) is 0 Å². The smallest absolute Gasteiger partial charge is 0.175 e. The molecule has 1 N–H and O–H groups in total. The Labute approximate surface area is 124 Å². The van der Waals surface area contributed by atoms with Gasteiger partial charge in [-0.15, -0.1) is 11.3 Å². The van der Waals surface area contributed by atoms with E-state index in [2.05, 4.69) is 30.6 Å². The van der Waals surface area contributed by atoms with E-state index in [-0.39, 0.29) is 12.1 Å². The molecule has 2 atom stereocenters. The van der Waals surface area contributed by atoms with E-state index >= 15 is 0 Å². The van der Waals surface area contributed by atoms with E-state index in [0.29, 0.717) is 4.90 Å². The Morgan fingerprint density at radius 3 is 2.20 bits per heavy atom. The van der Waals surface area contributed by atoms with E-state index in [1.807, 2.05) is 18.2 Å². The highest BCUT2D eigenvalue weighted by atomic mass is 32.2. The van der Waals surface area contributed by atoms with Gasteiger partial charge in [0.15, 0.2) is 9.84 Å². The van der Waals surface area contributed by atoms with Crippen LogP contribution < -0.4 is 5.32 Å². The molecular weight excluding hydrogens is 290 g/mol. The molecule has 3 nitrogen and oxygen atoms in total. The number of hydrogen-bond acceptors (Lipinski definition) is 4. The summed E-state index contributed by atoms with van der Waals surface area (Å²) < 4.78 is 22.9. The molecule has 1 heterocycles. The van der Waals surface area contributed by atoms with Gasteiger partial charge in [0.2, 0.25) is 0 Å². The van der Waals surface area contributed by atoms with Crippen LogP contribution in [-0.2, 0) is 9.84 Å². The van der Waals surface area contributed by atoms with Gasteiger partial charge in [0.05, 0.1) is 4.90 Å². The Morgan fingerprint density at radius 1 is 1.05 bits per heavy atom. The molecular formula is C15H19NO2S2. The summed E-state index contributed by atoms with van der Waals surface area (Å²) in [5.74, 6) is 0. The zero-order valence-electron chi connectivity index (χ0n) is 11.8. The molecule has 0 amide bonds. The second-order valence-corrected chi connectivity index (χ2v) is 7.96. The third-order valence-corrected chi connectivity index (χ3v) is 5.46. The maximum atomic E-state index is 11.4. The van der Waals surface area contributed by atoms with Crippen LogP contribution in [0, 0.1) is 0 Å². The molecule has 0 fully saturated rings. The highest BCUT2D eigenvalue weighted by molar-refractivity contribution is 7.90. The molecule has 0 saturated heterocycles. The average Bonchev–Trinajstić information content (AvgIpc) is 2.91. The molecule has 1 aromatic carbocycles. The third-order valence-electron chi connectivity index (χ3n) is 3.28. The van der Waals surface area contributed by atoms with Crippen LogP contribution in [0.2, 0.25) is 0 Å². The lowest BCUT2D eigenvalue weighted by atomic mass is 10.1. The molecule has 0 aliphatic rings. The molecule has 108 valence electrons. The first-order chi connectivity index (χ1) is 9.38. The lowest BCUT2D eigenvalue weighted by Crippen LogP contribution is -2.21. The molecule has 20 heavy (non-hydrogen) atoms. The van der Waals surface area contributed by atoms with Crippen molar-refractivity contribution in [2.45, 2.75) is 30.8 Å². The predicted octanol–water partition coefficient (Wildman–Crippen LogP) is 3.56. The van der Waals surface area contributed by atoms with Crippen molar-refractivity contribution < 1.29 is 8.42 Å². The Bertz CT molecular complexity index is 646. The van der Waals surface area contributed by atoms with E-state index in [4.69, 9.17) is 0 Å². The lowest BCUT2D eigenvalue weighted by Gasteiger charge is -2.19. The topological polar surface area (TPSA) is 46.2 Å². The average molecular weight is 309 g/mol. The Hall–Kier alpha value is -1.17. The first-order valence-corrected chi connectivity index (χ1v) is 9.24. The van der Waals surface area contributed by atoms with Gasteiger partial charge in [0.1, 0.15) is 0 Å². The van der Waals surface area contributed by atoms with Crippen LogP contribution in [0.15, 0.2) is 46.7 Å². The van der Waals surface area contributed by atoms with Crippen molar-refractivity contribution in [1.29, 1.82) is 0 Å². The minimum Gasteiger partial charge on any atom is -0.303 e. The van der Waals surface area contributed by atoms with Gasteiger partial charge in [-0.3, -0.25) is 0 Å². The summed E-state index contributed by atoms with van der Waals surface area (Å²) in [4.78, 5) is 1.66. The van der Waals surface area contributed by atoms with Crippen LogP contribution in [0.5, 0.6) is 0 Å². The van der Waals surface area contributed by atoms with Crippen LogP contribution in [0.4, 0.5) is 0 Å². The molecule has 1 aromatic heterocycles. The molecule has 0 bridgehead atoms. The van der Waals surface area contributed by atoms with E-state index in [0.717, 1.165) is 5.56 Å². The molecule has 0 saturated carbocycles. The number of rotatable bonds is 5. The van der Waals surface area contributed by atoms with Crippen molar-refractivity contribution in [3.05, 3.63) is 52.2 Å². The number of hydrogen-bond donors (Lipinski definition) is 1. The quantitative estimate of drug-likeness (QED) is 0.918. The molecule has 0 radical (unpaired) electrons. The maximum Gasteiger partial charge on any atom is 0.175 e. The van der Waals surface area contributed by atoms with E-state index < -0.39 is 9.84 Å². The van der Waals surface area contributed by atoms with Crippen molar-refractivity contribution in [3.63, 3.8) is 0 Å². The second-order valence-electron chi connectivity index (χ2n) is 4.97. The molecule has 0 aliphatic carbocycles. The van der Waals surface area contributed by atoms with E-state index in [1.54, 1.807) is 23.5 Å². The molecule has 0 aliphatic heterocycles. The highest BCUT2D eigenvalue weighted by Gasteiger charge is 2.13. The Kier molecular flexibility index (Phi) is 4.62. The first-order valence-electron chi connectivity index (χ1n) is 6.47. The van der Waals surface area contributed by atoms with Crippen LogP contribution in [0.3, 0.4) is 0 Å². The zero-order chi connectivity index (χ0) is 14.8. The van der Waals surface area contributed by atoms with Gasteiger partial charge < -0.3 is 5.32 Å². The van der Waals surface area contributed by atoms with Crippen molar-refractivity contribution in [3.8, 4) is 0 Å². The fourth-order valence-electron chi connectivity index (χ4n) is 2.09. The number of sulfone groups is 1. The maximum absolute atomic E-state index is 11.4. The van der Waals surface area contributed by atoms with Crippen LogP contribution in [0.1, 0.15) is 36.4 Å². The summed E-state index contributed by atoms with van der Waals surface area (Å²) in [5, 5.41) is 5.59. The number of benzene rings is 1. The van der Waals surface area contributed by atoms with Crippen molar-refractivity contribution in [2.75, 3.05) is 6.26 Å². The minimum absolute atomic E-state index is 0.167. The van der Waals surface area contributed by atoms with Crippen molar-refractivity contribution in [1.82, 2.24) is 5.32 Å². The van der Waals surface area contributed by atoms with E-state index in [9.17, 15) is 8.42 Å². The summed E-state index contributed by atoms with van der Waals surface area (Å²) in [6.07, 6.45) is 1.22. The van der Waals surface area contributed by atoms with Crippen LogP contribution in [-0.4, -0.2) is 14.7 Å². The van der Waals surface area contributed by atoms with Crippen LogP contribution >= 0.6 is 11.3 Å². The number of nitrogens with one attached hydrogen (secondary N) is 1. The highest BCUT2D eigenvalue weighted by Crippen LogP contribution is 2.23. The first kappa shape index (κ1) is 15.2. The Morgan fingerprint density at radius 2 is 1.70 bits per heavy atom. The summed E-state index contributed by atoms with van der Waals surface area (Å²) in [7, 11) is -3.12. The third kappa shape index (κ3) is 3.69. The number of thiophene rings is 1. The summed E-state index contributed by atoms with van der Waals surface area (Å²) in [6, 6.07) is 11.7. The fraction of sp³-hybridized carbons (Fsp3) is 0.333.